The van der Waals surface area contributed by atoms with Crippen molar-refractivity contribution >= 4 is 12.1 Å². The fourth-order valence-corrected chi connectivity index (χ4v) is 0.984. The molecule has 0 aromatic heterocycles. The van der Waals surface area contributed by atoms with Crippen molar-refractivity contribution in [3.05, 3.63) is 12.7 Å². The van der Waals surface area contributed by atoms with Gasteiger partial charge in [0.25, 0.3) is 0 Å². The second-order valence-electron chi connectivity index (χ2n) is 3.02. The Morgan fingerprint density at radius 1 is 1.62 bits per heavy atom. The standard InChI is InChI=1S/C11H15NO4/c1-3-5-6-7-9(10(13)14)12-11(15)16-8-4-2/h1,4,9H,2,5-8H2,(H,12,15)(H,13,14)/t9-/m0/s1. The SMILES string of the molecule is C#CCCC[C@H](NC(=O)OCC=C)C(=O)O. The molecule has 5 heteroatoms. The minimum absolute atomic E-state index is 0.0442. The molecule has 88 valence electrons. The highest BCUT2D eigenvalue weighted by molar-refractivity contribution is 5.79. The Balaban J connectivity index is 4.02. The van der Waals surface area contributed by atoms with Gasteiger partial charge in [-0.15, -0.1) is 12.3 Å². The zero-order valence-corrected chi connectivity index (χ0v) is 8.94. The number of hydrogen-bond donors (Lipinski definition) is 2. The molecule has 0 aromatic rings. The van der Waals surface area contributed by atoms with E-state index in [4.69, 9.17) is 11.5 Å². The zero-order chi connectivity index (χ0) is 12.4. The molecular formula is C11H15NO4. The van der Waals surface area contributed by atoms with Gasteiger partial charge in [0, 0.05) is 6.42 Å². The van der Waals surface area contributed by atoms with Gasteiger partial charge < -0.3 is 15.2 Å². The van der Waals surface area contributed by atoms with E-state index in [1.165, 1.54) is 6.08 Å². The summed E-state index contributed by atoms with van der Waals surface area (Å²) >= 11 is 0. The number of ether oxygens (including phenoxy) is 1. The molecule has 2 N–H and O–H groups in total. The molecule has 0 saturated heterocycles. The molecule has 0 aliphatic heterocycles. The third-order valence-electron chi connectivity index (χ3n) is 1.74. The van der Waals surface area contributed by atoms with Crippen LogP contribution in [-0.4, -0.2) is 29.8 Å². The lowest BCUT2D eigenvalue weighted by Gasteiger charge is -2.13. The molecule has 0 bridgehead atoms. The Morgan fingerprint density at radius 2 is 2.31 bits per heavy atom. The van der Waals surface area contributed by atoms with Crippen molar-refractivity contribution in [2.24, 2.45) is 0 Å². The second kappa shape index (κ2) is 8.36. The quantitative estimate of drug-likeness (QED) is 0.387. The molecule has 0 fully saturated rings. The van der Waals surface area contributed by atoms with Gasteiger partial charge in [-0.2, -0.15) is 0 Å². The van der Waals surface area contributed by atoms with Crippen molar-refractivity contribution in [2.45, 2.75) is 25.3 Å². The summed E-state index contributed by atoms with van der Waals surface area (Å²) in [6, 6.07) is -0.967. The molecule has 0 saturated carbocycles. The lowest BCUT2D eigenvalue weighted by atomic mass is 10.1. The maximum atomic E-state index is 11.1. The van der Waals surface area contributed by atoms with Gasteiger partial charge in [-0.05, 0) is 12.8 Å². The fourth-order valence-electron chi connectivity index (χ4n) is 0.984. The maximum absolute atomic E-state index is 11.1. The Kier molecular flexibility index (Phi) is 7.33. The lowest BCUT2D eigenvalue weighted by Crippen LogP contribution is -2.41. The molecular weight excluding hydrogens is 210 g/mol. The van der Waals surface area contributed by atoms with E-state index in [1.54, 1.807) is 0 Å². The minimum atomic E-state index is -1.10. The van der Waals surface area contributed by atoms with Crippen molar-refractivity contribution in [1.82, 2.24) is 5.32 Å². The third-order valence-corrected chi connectivity index (χ3v) is 1.74. The van der Waals surface area contributed by atoms with Crippen LogP contribution < -0.4 is 5.32 Å². The number of carbonyl (C=O) groups is 2. The number of unbranched alkanes of at least 4 members (excludes halogenated alkanes) is 1. The number of rotatable bonds is 7. The number of nitrogens with one attached hydrogen (secondary N) is 1. The van der Waals surface area contributed by atoms with Crippen molar-refractivity contribution in [3.8, 4) is 12.3 Å². The number of carbonyl (C=O) groups excluding carboxylic acids is 1. The first-order valence-corrected chi connectivity index (χ1v) is 4.82. The minimum Gasteiger partial charge on any atom is -0.480 e. The highest BCUT2D eigenvalue weighted by Crippen LogP contribution is 2.01. The van der Waals surface area contributed by atoms with Crippen LogP contribution in [0.2, 0.25) is 0 Å². The molecule has 1 atom stereocenters. The lowest BCUT2D eigenvalue weighted by molar-refractivity contribution is -0.139. The summed E-state index contributed by atoms with van der Waals surface area (Å²) in [5, 5.41) is 11.0. The van der Waals surface area contributed by atoms with Crippen molar-refractivity contribution in [3.63, 3.8) is 0 Å². The van der Waals surface area contributed by atoms with E-state index in [1.807, 2.05) is 0 Å². The topological polar surface area (TPSA) is 75.6 Å². The third kappa shape index (κ3) is 6.49. The van der Waals surface area contributed by atoms with E-state index >= 15 is 0 Å². The first-order chi connectivity index (χ1) is 7.61. The first kappa shape index (κ1) is 14.0. The molecule has 0 spiro atoms. The van der Waals surface area contributed by atoms with E-state index in [-0.39, 0.29) is 13.0 Å². The fraction of sp³-hybridized carbons (Fsp3) is 0.455. The molecule has 16 heavy (non-hydrogen) atoms. The number of terminal acetylenes is 1. The summed E-state index contributed by atoms with van der Waals surface area (Å²) < 4.78 is 4.61. The largest absolute Gasteiger partial charge is 0.480 e. The van der Waals surface area contributed by atoms with Crippen LogP contribution in [0.4, 0.5) is 4.79 Å². The van der Waals surface area contributed by atoms with Gasteiger partial charge in [-0.1, -0.05) is 12.7 Å². The predicted molar refractivity (Wildman–Crippen MR) is 58.8 cm³/mol. The molecule has 0 aromatic carbocycles. The summed E-state index contributed by atoms with van der Waals surface area (Å²) in [4.78, 5) is 21.8. The Bertz CT molecular complexity index is 293. The van der Waals surface area contributed by atoms with Gasteiger partial charge in [0.2, 0.25) is 0 Å². The summed E-state index contributed by atoms with van der Waals surface area (Å²) in [6.45, 7) is 3.41. The molecule has 0 aliphatic carbocycles. The van der Waals surface area contributed by atoms with Gasteiger partial charge >= 0.3 is 12.1 Å². The number of carboxylic acids is 1. The summed E-state index contributed by atoms with van der Waals surface area (Å²) in [7, 11) is 0. The highest BCUT2D eigenvalue weighted by atomic mass is 16.5. The van der Waals surface area contributed by atoms with E-state index in [0.717, 1.165) is 0 Å². The summed E-state index contributed by atoms with van der Waals surface area (Å²) in [6.07, 6.45) is 6.96. The van der Waals surface area contributed by atoms with Crippen LogP contribution in [0.5, 0.6) is 0 Å². The normalized spacial score (nSPS) is 10.9. The second-order valence-corrected chi connectivity index (χ2v) is 3.02. The average Bonchev–Trinajstić information content (AvgIpc) is 2.25. The number of aliphatic carboxylic acids is 1. The molecule has 1 amide bonds. The predicted octanol–water partition coefficient (Wildman–Crippen LogP) is 1.16. The van der Waals surface area contributed by atoms with E-state index in [0.29, 0.717) is 12.8 Å². The molecule has 0 aliphatic rings. The summed E-state index contributed by atoms with van der Waals surface area (Å²) in [5.41, 5.74) is 0. The summed E-state index contributed by atoms with van der Waals surface area (Å²) in [5.74, 6) is 1.30. The maximum Gasteiger partial charge on any atom is 0.408 e. The van der Waals surface area contributed by atoms with Crippen LogP contribution in [0, 0.1) is 12.3 Å². The zero-order valence-electron chi connectivity index (χ0n) is 8.94. The molecule has 5 nitrogen and oxygen atoms in total. The van der Waals surface area contributed by atoms with Crippen LogP contribution >= 0.6 is 0 Å². The molecule has 0 radical (unpaired) electrons. The smallest absolute Gasteiger partial charge is 0.408 e. The van der Waals surface area contributed by atoms with Gasteiger partial charge in [-0.25, -0.2) is 9.59 Å². The van der Waals surface area contributed by atoms with Crippen LogP contribution in [0.3, 0.4) is 0 Å². The van der Waals surface area contributed by atoms with E-state index in [9.17, 15) is 9.59 Å². The molecule has 0 heterocycles. The Labute approximate surface area is 94.5 Å². The van der Waals surface area contributed by atoms with E-state index < -0.39 is 18.1 Å². The van der Waals surface area contributed by atoms with Gasteiger partial charge in [0.05, 0.1) is 0 Å². The van der Waals surface area contributed by atoms with Crippen LogP contribution in [0.25, 0.3) is 0 Å². The number of amides is 1. The van der Waals surface area contributed by atoms with Crippen LogP contribution in [-0.2, 0) is 9.53 Å². The average molecular weight is 225 g/mol. The monoisotopic (exact) mass is 225 g/mol. The van der Waals surface area contributed by atoms with E-state index in [2.05, 4.69) is 22.6 Å². The van der Waals surface area contributed by atoms with Crippen LogP contribution in [0.15, 0.2) is 12.7 Å². The van der Waals surface area contributed by atoms with Gasteiger partial charge in [-0.3, -0.25) is 0 Å². The molecule has 0 rings (SSSR count). The number of alkyl carbamates (subject to hydrolysis) is 1. The van der Waals surface area contributed by atoms with Crippen molar-refractivity contribution in [1.29, 1.82) is 0 Å². The van der Waals surface area contributed by atoms with Crippen molar-refractivity contribution in [2.75, 3.05) is 6.61 Å². The first-order valence-electron chi connectivity index (χ1n) is 4.82. The molecule has 0 unspecified atom stereocenters. The Hall–Kier alpha value is -1.96. The van der Waals surface area contributed by atoms with Gasteiger partial charge in [0.15, 0.2) is 0 Å². The van der Waals surface area contributed by atoms with Crippen molar-refractivity contribution < 1.29 is 19.4 Å². The number of carboxylic acid groups (broad SMARTS) is 1. The number of hydrogen-bond acceptors (Lipinski definition) is 3. The van der Waals surface area contributed by atoms with Crippen LogP contribution in [0.1, 0.15) is 19.3 Å². The Morgan fingerprint density at radius 3 is 2.81 bits per heavy atom. The van der Waals surface area contributed by atoms with Gasteiger partial charge in [0.1, 0.15) is 12.6 Å². The highest BCUT2D eigenvalue weighted by Gasteiger charge is 2.19.